The van der Waals surface area contributed by atoms with Gasteiger partial charge < -0.3 is 15.5 Å². The fraction of sp³-hybridized carbons (Fsp3) is 0.364. The van der Waals surface area contributed by atoms with Gasteiger partial charge in [-0.3, -0.25) is 4.79 Å². The lowest BCUT2D eigenvalue weighted by atomic mass is 9.93. The highest BCUT2D eigenvalue weighted by atomic mass is 32.1. The molecule has 3 aromatic rings. The predicted molar refractivity (Wildman–Crippen MR) is 121 cm³/mol. The van der Waals surface area contributed by atoms with Gasteiger partial charge in [-0.2, -0.15) is 0 Å². The lowest BCUT2D eigenvalue weighted by molar-refractivity contribution is 0.0716. The van der Waals surface area contributed by atoms with E-state index in [0.717, 1.165) is 64.5 Å². The molecule has 1 aliphatic rings. The van der Waals surface area contributed by atoms with Crippen LogP contribution in [0.1, 0.15) is 45.4 Å². The Balaban J connectivity index is 1.41. The van der Waals surface area contributed by atoms with Crippen LogP contribution in [0.4, 0.5) is 16.8 Å². The number of nitrogens with zero attached hydrogens (tertiary/aromatic N) is 4. The molecular weight excluding hydrogens is 396 g/mol. The molecule has 4 rings (SSSR count). The second kappa shape index (κ2) is 8.79. The molecule has 1 amide bonds. The van der Waals surface area contributed by atoms with Crippen molar-refractivity contribution in [3.8, 4) is 0 Å². The van der Waals surface area contributed by atoms with Crippen LogP contribution in [0.3, 0.4) is 0 Å². The Morgan fingerprint density at radius 2 is 1.93 bits per heavy atom. The van der Waals surface area contributed by atoms with Crippen LogP contribution in [0.5, 0.6) is 0 Å². The van der Waals surface area contributed by atoms with Gasteiger partial charge in [0.05, 0.1) is 5.69 Å². The summed E-state index contributed by atoms with van der Waals surface area (Å²) in [6, 6.07) is 10.0. The number of hydrogen-bond acceptors (Lipinski definition) is 7. The smallest absolute Gasteiger partial charge is 0.265 e. The number of hydrogen-bond donors (Lipinski definition) is 2. The fourth-order valence-electron chi connectivity index (χ4n) is 3.71. The number of rotatable bonds is 5. The summed E-state index contributed by atoms with van der Waals surface area (Å²) in [4.78, 5) is 29.2. The van der Waals surface area contributed by atoms with Gasteiger partial charge in [-0.15, -0.1) is 0 Å². The number of carbonyl (C=O) groups excluding carboxylic acids is 1. The number of amides is 1. The lowest BCUT2D eigenvalue weighted by Gasteiger charge is -2.31. The van der Waals surface area contributed by atoms with Crippen LogP contribution in [0.15, 0.2) is 36.5 Å². The average Bonchev–Trinajstić information content (AvgIpc) is 3.16. The number of aryl methyl sites for hydroxylation is 2. The third-order valence-electron chi connectivity index (χ3n) is 5.43. The van der Waals surface area contributed by atoms with Gasteiger partial charge in [-0.05, 0) is 50.5 Å². The summed E-state index contributed by atoms with van der Waals surface area (Å²) in [5, 5.41) is 7.11. The van der Waals surface area contributed by atoms with Gasteiger partial charge >= 0.3 is 0 Å². The number of pyridine rings is 2. The Labute approximate surface area is 180 Å². The summed E-state index contributed by atoms with van der Waals surface area (Å²) in [6.45, 7) is 5.38. The van der Waals surface area contributed by atoms with E-state index >= 15 is 0 Å². The summed E-state index contributed by atoms with van der Waals surface area (Å²) in [5.74, 6) is 2.05. The summed E-state index contributed by atoms with van der Waals surface area (Å²) in [7, 11) is 1.82. The Morgan fingerprint density at radius 1 is 1.13 bits per heavy atom. The van der Waals surface area contributed by atoms with Gasteiger partial charge in [-0.25, -0.2) is 15.0 Å². The molecule has 4 heterocycles. The van der Waals surface area contributed by atoms with Crippen molar-refractivity contribution in [2.24, 2.45) is 0 Å². The molecular formula is C22H26N6OS. The standard InChI is InChI=1S/C22H26N6OS/c1-14-6-5-11-24-20(14)27-18-8-4-7-17(26-18)16-9-12-28(13-10-16)21(29)19-15(2)25-22(23-3)30-19/h4-8,11,16H,9-10,12-13H2,1-3H3,(H,23,25)(H,24,26,27). The molecule has 0 bridgehead atoms. The number of piperidine rings is 1. The molecule has 0 unspecified atom stereocenters. The van der Waals surface area contributed by atoms with Crippen LogP contribution < -0.4 is 10.6 Å². The molecule has 0 radical (unpaired) electrons. The number of anilines is 3. The van der Waals surface area contributed by atoms with E-state index in [4.69, 9.17) is 4.98 Å². The van der Waals surface area contributed by atoms with Crippen molar-refractivity contribution < 1.29 is 4.79 Å². The predicted octanol–water partition coefficient (Wildman–Crippen LogP) is 4.36. The largest absolute Gasteiger partial charge is 0.365 e. The second-order valence-electron chi connectivity index (χ2n) is 7.49. The highest BCUT2D eigenvalue weighted by Gasteiger charge is 2.27. The molecule has 8 heteroatoms. The molecule has 156 valence electrons. The van der Waals surface area contributed by atoms with E-state index in [1.54, 1.807) is 6.20 Å². The van der Waals surface area contributed by atoms with E-state index in [2.05, 4.69) is 26.7 Å². The van der Waals surface area contributed by atoms with Crippen LogP contribution in [0.25, 0.3) is 0 Å². The Hall–Kier alpha value is -3.00. The van der Waals surface area contributed by atoms with Crippen LogP contribution in [-0.2, 0) is 0 Å². The molecule has 0 atom stereocenters. The van der Waals surface area contributed by atoms with Gasteiger partial charge in [0.15, 0.2) is 5.13 Å². The minimum absolute atomic E-state index is 0.0824. The number of carbonyl (C=O) groups is 1. The average molecular weight is 423 g/mol. The van der Waals surface area contributed by atoms with Crippen molar-refractivity contribution in [3.63, 3.8) is 0 Å². The maximum absolute atomic E-state index is 12.9. The summed E-state index contributed by atoms with van der Waals surface area (Å²) in [5.41, 5.74) is 2.94. The van der Waals surface area contributed by atoms with Crippen molar-refractivity contribution in [2.45, 2.75) is 32.6 Å². The normalized spacial score (nSPS) is 14.6. The third kappa shape index (κ3) is 4.28. The first-order valence-corrected chi connectivity index (χ1v) is 11.0. The van der Waals surface area contributed by atoms with E-state index in [-0.39, 0.29) is 5.91 Å². The lowest BCUT2D eigenvalue weighted by Crippen LogP contribution is -2.38. The summed E-state index contributed by atoms with van der Waals surface area (Å²) >= 11 is 1.42. The molecule has 1 saturated heterocycles. The Bertz CT molecular complexity index is 1040. The topological polar surface area (TPSA) is 83.0 Å². The number of aromatic nitrogens is 3. The second-order valence-corrected chi connectivity index (χ2v) is 8.49. The Morgan fingerprint density at radius 3 is 2.63 bits per heavy atom. The highest BCUT2D eigenvalue weighted by molar-refractivity contribution is 7.17. The zero-order chi connectivity index (χ0) is 21.1. The van der Waals surface area contributed by atoms with Crippen molar-refractivity contribution in [1.82, 2.24) is 19.9 Å². The molecule has 1 fully saturated rings. The molecule has 7 nitrogen and oxygen atoms in total. The first-order valence-electron chi connectivity index (χ1n) is 10.1. The Kier molecular flexibility index (Phi) is 5.94. The number of likely N-dealkylation sites (tertiary alicyclic amines) is 1. The zero-order valence-electron chi connectivity index (χ0n) is 17.5. The van der Waals surface area contributed by atoms with Gasteiger partial charge in [0, 0.05) is 37.9 Å². The monoisotopic (exact) mass is 422 g/mol. The molecule has 0 aromatic carbocycles. The molecule has 30 heavy (non-hydrogen) atoms. The minimum Gasteiger partial charge on any atom is -0.365 e. The number of thiazole rings is 1. The molecule has 0 spiro atoms. The van der Waals surface area contributed by atoms with Gasteiger partial charge in [-0.1, -0.05) is 23.5 Å². The van der Waals surface area contributed by atoms with Gasteiger partial charge in [0.2, 0.25) is 0 Å². The van der Waals surface area contributed by atoms with Crippen LogP contribution in [0.2, 0.25) is 0 Å². The van der Waals surface area contributed by atoms with E-state index < -0.39 is 0 Å². The van der Waals surface area contributed by atoms with Crippen LogP contribution in [0, 0.1) is 13.8 Å². The van der Waals surface area contributed by atoms with E-state index in [1.807, 2.05) is 50.1 Å². The quantitative estimate of drug-likeness (QED) is 0.636. The van der Waals surface area contributed by atoms with Crippen LogP contribution in [-0.4, -0.2) is 45.9 Å². The number of nitrogens with one attached hydrogen (secondary N) is 2. The van der Waals surface area contributed by atoms with Crippen molar-refractivity contribution in [2.75, 3.05) is 30.8 Å². The third-order valence-corrected chi connectivity index (χ3v) is 6.59. The fourth-order valence-corrected chi connectivity index (χ4v) is 4.60. The molecule has 0 aliphatic carbocycles. The molecule has 1 aliphatic heterocycles. The molecule has 2 N–H and O–H groups in total. The first-order chi connectivity index (χ1) is 14.5. The summed E-state index contributed by atoms with van der Waals surface area (Å²) < 4.78 is 0. The van der Waals surface area contributed by atoms with E-state index in [1.165, 1.54) is 11.3 Å². The highest BCUT2D eigenvalue weighted by Crippen LogP contribution is 2.30. The summed E-state index contributed by atoms with van der Waals surface area (Å²) in [6.07, 6.45) is 3.58. The zero-order valence-corrected chi connectivity index (χ0v) is 18.3. The SMILES string of the molecule is CNc1nc(C)c(C(=O)N2CCC(c3cccc(Nc4ncccc4C)n3)CC2)s1. The van der Waals surface area contributed by atoms with Gasteiger partial charge in [0.1, 0.15) is 16.5 Å². The van der Waals surface area contributed by atoms with E-state index in [0.29, 0.717) is 5.92 Å². The molecule has 3 aromatic heterocycles. The van der Waals surface area contributed by atoms with Crippen molar-refractivity contribution >= 4 is 34.0 Å². The maximum atomic E-state index is 12.9. The van der Waals surface area contributed by atoms with E-state index in [9.17, 15) is 4.79 Å². The van der Waals surface area contributed by atoms with Crippen molar-refractivity contribution in [1.29, 1.82) is 0 Å². The van der Waals surface area contributed by atoms with Gasteiger partial charge in [0.25, 0.3) is 5.91 Å². The molecule has 0 saturated carbocycles. The van der Waals surface area contributed by atoms with Crippen molar-refractivity contribution in [3.05, 3.63) is 58.4 Å². The van der Waals surface area contributed by atoms with Crippen LogP contribution >= 0.6 is 11.3 Å². The minimum atomic E-state index is 0.0824. The first kappa shape index (κ1) is 20.3. The maximum Gasteiger partial charge on any atom is 0.265 e.